The van der Waals surface area contributed by atoms with Gasteiger partial charge in [-0.05, 0) is 55.5 Å². The average molecular weight is 341 g/mol. The Bertz CT molecular complexity index is 667. The van der Waals surface area contributed by atoms with Crippen LogP contribution in [0, 0.1) is 0 Å². The van der Waals surface area contributed by atoms with E-state index in [2.05, 4.69) is 12.2 Å². The predicted molar refractivity (Wildman–Crippen MR) is 100 cm³/mol. The quantitative estimate of drug-likeness (QED) is 0.706. The first-order valence-corrected chi connectivity index (χ1v) is 8.79. The summed E-state index contributed by atoms with van der Waals surface area (Å²) in [6, 6.07) is 15.8. The zero-order chi connectivity index (χ0) is 18.1. The molecule has 25 heavy (non-hydrogen) atoms. The van der Waals surface area contributed by atoms with Gasteiger partial charge in [0.2, 0.25) is 0 Å². The Hall–Kier alpha value is -2.49. The molecule has 2 aromatic rings. The molecule has 0 bridgehead atoms. The molecule has 0 aliphatic heterocycles. The van der Waals surface area contributed by atoms with Crippen LogP contribution in [0.5, 0.6) is 11.5 Å². The van der Waals surface area contributed by atoms with Crippen molar-refractivity contribution >= 4 is 5.91 Å². The van der Waals surface area contributed by atoms with E-state index in [1.165, 1.54) is 5.56 Å². The van der Waals surface area contributed by atoms with Gasteiger partial charge in [-0.3, -0.25) is 4.79 Å². The van der Waals surface area contributed by atoms with Gasteiger partial charge in [-0.2, -0.15) is 0 Å². The molecule has 0 fully saturated rings. The van der Waals surface area contributed by atoms with Crippen LogP contribution in [-0.2, 0) is 17.6 Å². The lowest BCUT2D eigenvalue weighted by Gasteiger charge is -2.16. The Morgan fingerprint density at radius 3 is 2.52 bits per heavy atom. The third-order valence-electron chi connectivity index (χ3n) is 4.13. The standard InChI is InChI=1S/C21H27NO3/c1-4-18-9-5-6-10-20(18)25-16(2)21(23)22-15-7-8-17-11-13-19(24-3)14-12-17/h5-6,9-14,16H,4,7-8,15H2,1-3H3,(H,22,23)/t16-/m0/s1. The monoisotopic (exact) mass is 341 g/mol. The van der Waals surface area contributed by atoms with Gasteiger partial charge in [0.25, 0.3) is 5.91 Å². The second kappa shape index (κ2) is 9.72. The fraction of sp³-hybridized carbons (Fsp3) is 0.381. The van der Waals surface area contributed by atoms with Crippen molar-refractivity contribution < 1.29 is 14.3 Å². The Morgan fingerprint density at radius 1 is 1.12 bits per heavy atom. The SMILES string of the molecule is CCc1ccccc1O[C@@H](C)C(=O)NCCCc1ccc(OC)cc1. The van der Waals surface area contributed by atoms with Crippen LogP contribution in [0.2, 0.25) is 0 Å². The van der Waals surface area contributed by atoms with Gasteiger partial charge in [0.15, 0.2) is 6.10 Å². The molecule has 1 atom stereocenters. The summed E-state index contributed by atoms with van der Waals surface area (Å²) in [6.07, 6.45) is 2.18. The van der Waals surface area contributed by atoms with Gasteiger partial charge >= 0.3 is 0 Å². The van der Waals surface area contributed by atoms with E-state index in [4.69, 9.17) is 9.47 Å². The second-order valence-electron chi connectivity index (χ2n) is 5.96. The third-order valence-corrected chi connectivity index (χ3v) is 4.13. The number of carbonyl (C=O) groups is 1. The van der Waals surface area contributed by atoms with E-state index in [0.717, 1.165) is 36.3 Å². The minimum Gasteiger partial charge on any atom is -0.497 e. The van der Waals surface area contributed by atoms with Crippen molar-refractivity contribution in [2.75, 3.05) is 13.7 Å². The summed E-state index contributed by atoms with van der Waals surface area (Å²) >= 11 is 0. The van der Waals surface area contributed by atoms with Gasteiger partial charge in [0.05, 0.1) is 7.11 Å². The van der Waals surface area contributed by atoms with Crippen LogP contribution in [0.1, 0.15) is 31.4 Å². The number of carbonyl (C=O) groups excluding carboxylic acids is 1. The minimum atomic E-state index is -0.506. The number of amides is 1. The fourth-order valence-electron chi connectivity index (χ4n) is 2.59. The van der Waals surface area contributed by atoms with E-state index in [1.54, 1.807) is 14.0 Å². The zero-order valence-electron chi connectivity index (χ0n) is 15.2. The van der Waals surface area contributed by atoms with Crippen LogP contribution >= 0.6 is 0 Å². The van der Waals surface area contributed by atoms with Crippen LogP contribution in [-0.4, -0.2) is 25.7 Å². The first-order valence-electron chi connectivity index (χ1n) is 8.79. The normalized spacial score (nSPS) is 11.6. The number of methoxy groups -OCH3 is 1. The lowest BCUT2D eigenvalue weighted by atomic mass is 10.1. The summed E-state index contributed by atoms with van der Waals surface area (Å²) in [7, 11) is 1.66. The van der Waals surface area contributed by atoms with E-state index in [0.29, 0.717) is 6.54 Å². The topological polar surface area (TPSA) is 47.6 Å². The molecule has 2 aromatic carbocycles. The van der Waals surface area contributed by atoms with Crippen LogP contribution in [0.25, 0.3) is 0 Å². The molecule has 4 heteroatoms. The summed E-state index contributed by atoms with van der Waals surface area (Å²) in [4.78, 5) is 12.2. The highest BCUT2D eigenvalue weighted by atomic mass is 16.5. The smallest absolute Gasteiger partial charge is 0.260 e. The first-order chi connectivity index (χ1) is 12.1. The van der Waals surface area contributed by atoms with Gasteiger partial charge in [0.1, 0.15) is 11.5 Å². The number of hydrogen-bond acceptors (Lipinski definition) is 3. The van der Waals surface area contributed by atoms with Crippen molar-refractivity contribution in [3.8, 4) is 11.5 Å². The first kappa shape index (κ1) is 18.8. The predicted octanol–water partition coefficient (Wildman–Crippen LogP) is 3.77. The molecule has 0 saturated carbocycles. The van der Waals surface area contributed by atoms with Crippen molar-refractivity contribution in [3.05, 3.63) is 59.7 Å². The van der Waals surface area contributed by atoms with Crippen LogP contribution in [0.3, 0.4) is 0 Å². The molecule has 0 aromatic heterocycles. The molecule has 4 nitrogen and oxygen atoms in total. The average Bonchev–Trinajstić information content (AvgIpc) is 2.65. The van der Waals surface area contributed by atoms with Crippen LogP contribution < -0.4 is 14.8 Å². The molecule has 0 saturated heterocycles. The van der Waals surface area contributed by atoms with Gasteiger partial charge in [-0.25, -0.2) is 0 Å². The Kier molecular flexibility index (Phi) is 7.33. The maximum Gasteiger partial charge on any atom is 0.260 e. The van der Waals surface area contributed by atoms with Gasteiger partial charge in [-0.15, -0.1) is 0 Å². The molecule has 0 radical (unpaired) electrons. The van der Waals surface area contributed by atoms with Crippen LogP contribution in [0.4, 0.5) is 0 Å². The molecule has 0 heterocycles. The molecule has 1 N–H and O–H groups in total. The maximum absolute atomic E-state index is 12.2. The highest BCUT2D eigenvalue weighted by Crippen LogP contribution is 2.19. The van der Waals surface area contributed by atoms with Gasteiger partial charge < -0.3 is 14.8 Å². The highest BCUT2D eigenvalue weighted by Gasteiger charge is 2.15. The van der Waals surface area contributed by atoms with Gasteiger partial charge in [0, 0.05) is 6.54 Å². The molecule has 1 amide bonds. The highest BCUT2D eigenvalue weighted by molar-refractivity contribution is 5.80. The number of hydrogen-bond donors (Lipinski definition) is 1. The summed E-state index contributed by atoms with van der Waals surface area (Å²) in [5.74, 6) is 1.56. The maximum atomic E-state index is 12.2. The summed E-state index contributed by atoms with van der Waals surface area (Å²) < 4.78 is 11.0. The zero-order valence-corrected chi connectivity index (χ0v) is 15.2. The molecule has 0 spiro atoms. The van der Waals surface area contributed by atoms with Crippen molar-refractivity contribution in [1.82, 2.24) is 5.32 Å². The number of nitrogens with one attached hydrogen (secondary N) is 1. The molecule has 0 aliphatic carbocycles. The number of ether oxygens (including phenoxy) is 2. The van der Waals surface area contributed by atoms with Crippen molar-refractivity contribution in [1.29, 1.82) is 0 Å². The summed E-state index contributed by atoms with van der Waals surface area (Å²) in [5.41, 5.74) is 2.35. The molecule has 0 aliphatic rings. The second-order valence-corrected chi connectivity index (χ2v) is 5.96. The Morgan fingerprint density at radius 2 is 1.84 bits per heavy atom. The number of para-hydroxylation sites is 1. The molecular formula is C21H27NO3. The van der Waals surface area contributed by atoms with Gasteiger partial charge in [-0.1, -0.05) is 37.3 Å². The van der Waals surface area contributed by atoms with E-state index >= 15 is 0 Å². The van der Waals surface area contributed by atoms with E-state index in [1.807, 2.05) is 48.5 Å². The lowest BCUT2D eigenvalue weighted by Crippen LogP contribution is -2.37. The molecule has 134 valence electrons. The van der Waals surface area contributed by atoms with Crippen molar-refractivity contribution in [3.63, 3.8) is 0 Å². The molecular weight excluding hydrogens is 314 g/mol. The van der Waals surface area contributed by atoms with Crippen molar-refractivity contribution in [2.24, 2.45) is 0 Å². The van der Waals surface area contributed by atoms with E-state index in [-0.39, 0.29) is 5.91 Å². The number of rotatable bonds is 9. The van der Waals surface area contributed by atoms with E-state index in [9.17, 15) is 4.79 Å². The molecule has 0 unspecified atom stereocenters. The fourth-order valence-corrected chi connectivity index (χ4v) is 2.59. The third kappa shape index (κ3) is 5.82. The molecule has 2 rings (SSSR count). The Balaban J connectivity index is 1.73. The number of aryl methyl sites for hydroxylation is 2. The summed E-state index contributed by atoms with van der Waals surface area (Å²) in [5, 5.41) is 2.94. The van der Waals surface area contributed by atoms with Crippen LogP contribution in [0.15, 0.2) is 48.5 Å². The largest absolute Gasteiger partial charge is 0.497 e. The van der Waals surface area contributed by atoms with Crippen molar-refractivity contribution in [2.45, 2.75) is 39.2 Å². The lowest BCUT2D eigenvalue weighted by molar-refractivity contribution is -0.127. The summed E-state index contributed by atoms with van der Waals surface area (Å²) in [6.45, 7) is 4.49. The van der Waals surface area contributed by atoms with E-state index < -0.39 is 6.10 Å². The Labute approximate surface area is 150 Å². The minimum absolute atomic E-state index is 0.0827. The number of benzene rings is 2.